The number of amides is 1. The molecule has 0 saturated carbocycles. The Bertz CT molecular complexity index is 682. The minimum Gasteiger partial charge on any atom is -0.361 e. The Morgan fingerprint density at radius 3 is 2.74 bits per heavy atom. The van der Waals surface area contributed by atoms with E-state index in [1.165, 1.54) is 0 Å². The summed E-state index contributed by atoms with van der Waals surface area (Å²) in [6, 6.07) is 1.88. The lowest BCUT2D eigenvalue weighted by atomic mass is 10.0. The van der Waals surface area contributed by atoms with Crippen molar-refractivity contribution in [2.75, 3.05) is 25.0 Å². The van der Waals surface area contributed by atoms with E-state index in [9.17, 15) is 4.79 Å². The van der Waals surface area contributed by atoms with Gasteiger partial charge in [0.2, 0.25) is 5.95 Å². The van der Waals surface area contributed by atoms with Crippen molar-refractivity contribution in [2.45, 2.75) is 32.7 Å². The van der Waals surface area contributed by atoms with Crippen LogP contribution in [-0.4, -0.2) is 52.1 Å². The van der Waals surface area contributed by atoms with E-state index in [0.29, 0.717) is 23.9 Å². The molecule has 0 radical (unpaired) electrons. The molecule has 0 spiro atoms. The second-order valence-corrected chi connectivity index (χ2v) is 6.04. The molecule has 0 aliphatic carbocycles. The highest BCUT2D eigenvalue weighted by molar-refractivity contribution is 5.92. The first-order chi connectivity index (χ1) is 11.0. The quantitative estimate of drug-likeness (QED) is 0.860. The van der Waals surface area contributed by atoms with Crippen molar-refractivity contribution < 1.29 is 9.32 Å². The monoisotopic (exact) mass is 315 g/mol. The normalized spacial score (nSPS) is 18.0. The van der Waals surface area contributed by atoms with Gasteiger partial charge in [-0.2, -0.15) is 0 Å². The van der Waals surface area contributed by atoms with Crippen LogP contribution >= 0.6 is 0 Å². The second-order valence-electron chi connectivity index (χ2n) is 6.04. The van der Waals surface area contributed by atoms with Crippen LogP contribution in [-0.2, 0) is 0 Å². The standard InChI is InChI=1S/C16H21N5O2/c1-11-8-17-16(18-9-11)20(3)13-5-4-6-21(10-13)15(22)14-7-12(2)23-19-14/h7-9,13H,4-6,10H2,1-3H3. The molecule has 3 rings (SSSR count). The Kier molecular flexibility index (Phi) is 4.27. The molecule has 23 heavy (non-hydrogen) atoms. The maximum absolute atomic E-state index is 12.5. The van der Waals surface area contributed by atoms with Crippen LogP contribution in [0.1, 0.15) is 34.7 Å². The van der Waals surface area contributed by atoms with E-state index in [1.807, 2.05) is 36.2 Å². The summed E-state index contributed by atoms with van der Waals surface area (Å²) in [5.41, 5.74) is 1.40. The van der Waals surface area contributed by atoms with Crippen LogP contribution in [0.2, 0.25) is 0 Å². The van der Waals surface area contributed by atoms with Crippen molar-refractivity contribution in [3.05, 3.63) is 35.5 Å². The number of carbonyl (C=O) groups excluding carboxylic acids is 1. The molecule has 1 unspecified atom stereocenters. The van der Waals surface area contributed by atoms with Crippen LogP contribution in [0.4, 0.5) is 5.95 Å². The van der Waals surface area contributed by atoms with Crippen molar-refractivity contribution in [3.63, 3.8) is 0 Å². The van der Waals surface area contributed by atoms with Crippen molar-refractivity contribution >= 4 is 11.9 Å². The van der Waals surface area contributed by atoms with Crippen LogP contribution in [0.15, 0.2) is 23.0 Å². The first-order valence-corrected chi connectivity index (χ1v) is 7.78. The topological polar surface area (TPSA) is 75.4 Å². The number of hydrogen-bond acceptors (Lipinski definition) is 6. The number of piperidine rings is 1. The van der Waals surface area contributed by atoms with Crippen molar-refractivity contribution in [2.24, 2.45) is 0 Å². The summed E-state index contributed by atoms with van der Waals surface area (Å²) in [6.07, 6.45) is 5.57. The van der Waals surface area contributed by atoms with Gasteiger partial charge in [0.05, 0.1) is 0 Å². The Balaban J connectivity index is 1.70. The molecule has 3 heterocycles. The first-order valence-electron chi connectivity index (χ1n) is 7.78. The first kappa shape index (κ1) is 15.5. The highest BCUT2D eigenvalue weighted by atomic mass is 16.5. The van der Waals surface area contributed by atoms with E-state index in [4.69, 9.17) is 4.52 Å². The zero-order valence-corrected chi connectivity index (χ0v) is 13.7. The lowest BCUT2D eigenvalue weighted by molar-refractivity contribution is 0.0696. The molecule has 7 nitrogen and oxygen atoms in total. The zero-order chi connectivity index (χ0) is 16.4. The number of aromatic nitrogens is 3. The lowest BCUT2D eigenvalue weighted by Gasteiger charge is -2.37. The van der Waals surface area contributed by atoms with Crippen LogP contribution < -0.4 is 4.90 Å². The van der Waals surface area contributed by atoms with Gasteiger partial charge in [0, 0.05) is 44.6 Å². The maximum Gasteiger partial charge on any atom is 0.276 e. The van der Waals surface area contributed by atoms with Gasteiger partial charge in [-0.05, 0) is 32.3 Å². The number of nitrogens with zero attached hydrogens (tertiary/aromatic N) is 5. The van der Waals surface area contributed by atoms with Gasteiger partial charge in [-0.3, -0.25) is 4.79 Å². The molecule has 1 amide bonds. The fourth-order valence-electron chi connectivity index (χ4n) is 2.82. The number of likely N-dealkylation sites (tertiary alicyclic amines) is 1. The fourth-order valence-corrected chi connectivity index (χ4v) is 2.82. The molecule has 0 N–H and O–H groups in total. The number of carbonyl (C=O) groups is 1. The Morgan fingerprint density at radius 2 is 2.09 bits per heavy atom. The lowest BCUT2D eigenvalue weighted by Crippen LogP contribution is -2.49. The maximum atomic E-state index is 12.5. The third kappa shape index (κ3) is 3.33. The summed E-state index contributed by atoms with van der Waals surface area (Å²) in [5.74, 6) is 1.25. The molecule has 2 aromatic heterocycles. The summed E-state index contributed by atoms with van der Waals surface area (Å²) < 4.78 is 5.00. The predicted molar refractivity (Wildman–Crippen MR) is 85.3 cm³/mol. The highest BCUT2D eigenvalue weighted by Crippen LogP contribution is 2.20. The van der Waals surface area contributed by atoms with Crippen molar-refractivity contribution in [1.82, 2.24) is 20.0 Å². The Morgan fingerprint density at radius 1 is 1.35 bits per heavy atom. The van der Waals surface area contributed by atoms with Gasteiger partial charge in [0.1, 0.15) is 5.76 Å². The summed E-state index contributed by atoms with van der Waals surface area (Å²) in [4.78, 5) is 25.1. The molecule has 7 heteroatoms. The molecular formula is C16H21N5O2. The number of anilines is 1. The van der Waals surface area contributed by atoms with Gasteiger partial charge in [0.25, 0.3) is 5.91 Å². The molecular weight excluding hydrogens is 294 g/mol. The van der Waals surface area contributed by atoms with E-state index < -0.39 is 0 Å². The van der Waals surface area contributed by atoms with Crippen LogP contribution in [0.3, 0.4) is 0 Å². The van der Waals surface area contributed by atoms with E-state index in [-0.39, 0.29) is 11.9 Å². The van der Waals surface area contributed by atoms with E-state index >= 15 is 0 Å². The predicted octanol–water partition coefficient (Wildman–Crippen LogP) is 1.82. The van der Waals surface area contributed by atoms with Gasteiger partial charge in [0.15, 0.2) is 5.69 Å². The minimum atomic E-state index is -0.0789. The van der Waals surface area contributed by atoms with Crippen LogP contribution in [0.5, 0.6) is 0 Å². The van der Waals surface area contributed by atoms with Gasteiger partial charge in [-0.1, -0.05) is 5.16 Å². The number of aryl methyl sites for hydroxylation is 2. The van der Waals surface area contributed by atoms with Gasteiger partial charge in [-0.25, -0.2) is 9.97 Å². The molecule has 1 aliphatic rings. The van der Waals surface area contributed by atoms with E-state index in [0.717, 1.165) is 24.9 Å². The third-order valence-corrected chi connectivity index (χ3v) is 4.16. The van der Waals surface area contributed by atoms with Gasteiger partial charge in [-0.15, -0.1) is 0 Å². The molecule has 1 atom stereocenters. The minimum absolute atomic E-state index is 0.0789. The Labute approximate surface area is 135 Å². The molecule has 1 fully saturated rings. The molecule has 1 saturated heterocycles. The Hall–Kier alpha value is -2.44. The third-order valence-electron chi connectivity index (χ3n) is 4.16. The zero-order valence-electron chi connectivity index (χ0n) is 13.7. The van der Waals surface area contributed by atoms with Crippen LogP contribution in [0, 0.1) is 13.8 Å². The molecule has 2 aromatic rings. The summed E-state index contributed by atoms with van der Waals surface area (Å²) in [6.45, 7) is 5.12. The average molecular weight is 315 g/mol. The molecule has 0 bridgehead atoms. The number of likely N-dealkylation sites (N-methyl/N-ethyl adjacent to an activating group) is 1. The fraction of sp³-hybridized carbons (Fsp3) is 0.500. The molecule has 0 aromatic carbocycles. The average Bonchev–Trinajstić information content (AvgIpc) is 3.01. The smallest absolute Gasteiger partial charge is 0.276 e. The number of rotatable bonds is 3. The highest BCUT2D eigenvalue weighted by Gasteiger charge is 2.29. The van der Waals surface area contributed by atoms with Gasteiger partial charge >= 0.3 is 0 Å². The molecule has 1 aliphatic heterocycles. The van der Waals surface area contributed by atoms with Crippen molar-refractivity contribution in [3.8, 4) is 0 Å². The molecule has 122 valence electrons. The van der Waals surface area contributed by atoms with Crippen molar-refractivity contribution in [1.29, 1.82) is 0 Å². The summed E-state index contributed by atoms with van der Waals surface area (Å²) in [5, 5.41) is 3.82. The van der Waals surface area contributed by atoms with Gasteiger partial charge < -0.3 is 14.3 Å². The summed E-state index contributed by atoms with van der Waals surface area (Å²) >= 11 is 0. The van der Waals surface area contributed by atoms with E-state index in [2.05, 4.69) is 15.1 Å². The SMILES string of the molecule is Cc1cnc(N(C)C2CCCN(C(=O)c3cc(C)on3)C2)nc1. The largest absolute Gasteiger partial charge is 0.361 e. The second kappa shape index (κ2) is 6.36. The van der Waals surface area contributed by atoms with E-state index in [1.54, 1.807) is 13.0 Å². The number of hydrogen-bond donors (Lipinski definition) is 0. The summed E-state index contributed by atoms with van der Waals surface area (Å²) in [7, 11) is 1.98. The van der Waals surface area contributed by atoms with Crippen LogP contribution in [0.25, 0.3) is 0 Å².